The van der Waals surface area contributed by atoms with Gasteiger partial charge in [0.25, 0.3) is 0 Å². The zero-order chi connectivity index (χ0) is 10.5. The number of aromatic nitrogens is 2. The summed E-state index contributed by atoms with van der Waals surface area (Å²) in [4.78, 5) is 6.60. The zero-order valence-electron chi connectivity index (χ0n) is 8.98. The van der Waals surface area contributed by atoms with E-state index in [1.165, 1.54) is 25.7 Å². The second-order valence-corrected chi connectivity index (χ2v) is 4.00. The van der Waals surface area contributed by atoms with Gasteiger partial charge in [0.05, 0.1) is 13.1 Å². The van der Waals surface area contributed by atoms with Crippen LogP contribution >= 0.6 is 0 Å². The second-order valence-electron chi connectivity index (χ2n) is 4.00. The molecule has 0 atom stereocenters. The van der Waals surface area contributed by atoms with Crippen LogP contribution in [0.3, 0.4) is 0 Å². The lowest BCUT2D eigenvalue weighted by atomic mass is 10.2. The molecule has 1 aliphatic heterocycles. The molecule has 0 aromatic carbocycles. The minimum atomic E-state index is 0.326. The van der Waals surface area contributed by atoms with Crippen LogP contribution < -0.4 is 5.73 Å². The van der Waals surface area contributed by atoms with Gasteiger partial charge in [-0.25, -0.2) is 0 Å². The molecule has 0 unspecified atom stereocenters. The third kappa shape index (κ3) is 3.00. The van der Waals surface area contributed by atoms with Crippen LogP contribution in [0.25, 0.3) is 0 Å². The SMILES string of the molecule is NCc1nc(CN2CCCCCC2)no1. The number of rotatable bonds is 3. The van der Waals surface area contributed by atoms with Gasteiger partial charge in [-0.05, 0) is 25.9 Å². The van der Waals surface area contributed by atoms with E-state index >= 15 is 0 Å². The molecule has 0 bridgehead atoms. The fourth-order valence-electron chi connectivity index (χ4n) is 1.93. The molecule has 2 rings (SSSR count). The highest BCUT2D eigenvalue weighted by atomic mass is 16.5. The molecular formula is C10H18N4O. The minimum absolute atomic E-state index is 0.326. The van der Waals surface area contributed by atoms with Gasteiger partial charge in [0.2, 0.25) is 5.89 Å². The van der Waals surface area contributed by atoms with E-state index in [1.807, 2.05) is 0 Å². The number of likely N-dealkylation sites (tertiary alicyclic amines) is 1. The first-order valence-electron chi connectivity index (χ1n) is 5.62. The average molecular weight is 210 g/mol. The predicted octanol–water partition coefficient (Wildman–Crippen LogP) is 0.904. The molecule has 84 valence electrons. The average Bonchev–Trinajstić information content (AvgIpc) is 2.54. The van der Waals surface area contributed by atoms with Crippen LogP contribution in [0.15, 0.2) is 4.52 Å². The normalized spacial score (nSPS) is 19.0. The lowest BCUT2D eigenvalue weighted by molar-refractivity contribution is 0.264. The molecule has 0 saturated carbocycles. The standard InChI is InChI=1S/C10H18N4O/c11-7-10-12-9(13-15-10)8-14-5-3-1-2-4-6-14/h1-8,11H2. The van der Waals surface area contributed by atoms with Gasteiger partial charge in [-0.2, -0.15) is 4.98 Å². The van der Waals surface area contributed by atoms with Crippen molar-refractivity contribution in [3.63, 3.8) is 0 Å². The Bertz CT molecular complexity index is 291. The molecule has 1 saturated heterocycles. The van der Waals surface area contributed by atoms with E-state index in [0.717, 1.165) is 25.5 Å². The van der Waals surface area contributed by atoms with Crippen LogP contribution in [0.5, 0.6) is 0 Å². The summed E-state index contributed by atoms with van der Waals surface area (Å²) in [7, 11) is 0. The van der Waals surface area contributed by atoms with E-state index in [9.17, 15) is 0 Å². The van der Waals surface area contributed by atoms with Crippen molar-refractivity contribution in [3.05, 3.63) is 11.7 Å². The third-order valence-corrected chi connectivity index (χ3v) is 2.75. The van der Waals surface area contributed by atoms with Gasteiger partial charge in [-0.15, -0.1) is 0 Å². The highest BCUT2D eigenvalue weighted by Crippen LogP contribution is 2.11. The topological polar surface area (TPSA) is 68.2 Å². The molecule has 0 spiro atoms. The van der Waals surface area contributed by atoms with Gasteiger partial charge >= 0.3 is 0 Å². The highest BCUT2D eigenvalue weighted by Gasteiger charge is 2.12. The summed E-state index contributed by atoms with van der Waals surface area (Å²) in [6, 6.07) is 0. The summed E-state index contributed by atoms with van der Waals surface area (Å²) < 4.78 is 4.97. The van der Waals surface area contributed by atoms with E-state index in [0.29, 0.717) is 12.4 Å². The third-order valence-electron chi connectivity index (χ3n) is 2.75. The van der Waals surface area contributed by atoms with Crippen LogP contribution in [-0.2, 0) is 13.1 Å². The van der Waals surface area contributed by atoms with Crippen molar-refractivity contribution in [1.82, 2.24) is 15.0 Å². The molecule has 5 nitrogen and oxygen atoms in total. The van der Waals surface area contributed by atoms with E-state index < -0.39 is 0 Å². The summed E-state index contributed by atoms with van der Waals surface area (Å²) >= 11 is 0. The Kier molecular flexibility index (Phi) is 3.69. The molecule has 2 heterocycles. The fraction of sp³-hybridized carbons (Fsp3) is 0.800. The first kappa shape index (κ1) is 10.6. The maximum Gasteiger partial charge on any atom is 0.240 e. The highest BCUT2D eigenvalue weighted by molar-refractivity contribution is 4.86. The van der Waals surface area contributed by atoms with Gasteiger partial charge in [0, 0.05) is 0 Å². The molecule has 1 fully saturated rings. The van der Waals surface area contributed by atoms with E-state index in [4.69, 9.17) is 10.3 Å². The smallest absolute Gasteiger partial charge is 0.240 e. The van der Waals surface area contributed by atoms with Crippen molar-refractivity contribution < 1.29 is 4.52 Å². The Morgan fingerprint density at radius 3 is 2.53 bits per heavy atom. The summed E-state index contributed by atoms with van der Waals surface area (Å²) in [5.41, 5.74) is 5.41. The minimum Gasteiger partial charge on any atom is -0.338 e. The lowest BCUT2D eigenvalue weighted by Crippen LogP contribution is -2.24. The van der Waals surface area contributed by atoms with E-state index in [1.54, 1.807) is 0 Å². The molecule has 1 aliphatic rings. The van der Waals surface area contributed by atoms with Crippen molar-refractivity contribution in [2.24, 2.45) is 5.73 Å². The lowest BCUT2D eigenvalue weighted by Gasteiger charge is -2.16. The zero-order valence-corrected chi connectivity index (χ0v) is 8.98. The number of hydrogen-bond acceptors (Lipinski definition) is 5. The molecule has 1 aromatic heterocycles. The maximum atomic E-state index is 5.41. The number of hydrogen-bond donors (Lipinski definition) is 1. The summed E-state index contributed by atoms with van der Waals surface area (Å²) in [6.07, 6.45) is 5.25. The molecule has 2 N–H and O–H groups in total. The van der Waals surface area contributed by atoms with Crippen LogP contribution in [0.2, 0.25) is 0 Å². The Labute approximate surface area is 89.6 Å². The van der Waals surface area contributed by atoms with Gasteiger partial charge < -0.3 is 10.3 Å². The summed E-state index contributed by atoms with van der Waals surface area (Å²) in [5, 5.41) is 3.90. The van der Waals surface area contributed by atoms with Crippen LogP contribution in [0, 0.1) is 0 Å². The first-order chi connectivity index (χ1) is 7.38. The van der Waals surface area contributed by atoms with Crippen LogP contribution in [0.4, 0.5) is 0 Å². The molecule has 0 aliphatic carbocycles. The Balaban J connectivity index is 1.89. The molecule has 1 aromatic rings. The van der Waals surface area contributed by atoms with Gasteiger partial charge in [0.15, 0.2) is 5.82 Å². The molecule has 0 amide bonds. The van der Waals surface area contributed by atoms with E-state index in [-0.39, 0.29) is 0 Å². The molecule has 15 heavy (non-hydrogen) atoms. The van der Waals surface area contributed by atoms with E-state index in [2.05, 4.69) is 15.0 Å². The molecule has 5 heteroatoms. The quantitative estimate of drug-likeness (QED) is 0.803. The van der Waals surface area contributed by atoms with Crippen molar-refractivity contribution in [3.8, 4) is 0 Å². The predicted molar refractivity (Wildman–Crippen MR) is 55.9 cm³/mol. The Morgan fingerprint density at radius 1 is 1.20 bits per heavy atom. The van der Waals surface area contributed by atoms with Crippen molar-refractivity contribution in [2.75, 3.05) is 13.1 Å². The summed E-state index contributed by atoms with van der Waals surface area (Å²) in [5.74, 6) is 1.29. The van der Waals surface area contributed by atoms with Crippen molar-refractivity contribution in [1.29, 1.82) is 0 Å². The molecule has 0 radical (unpaired) electrons. The fourth-order valence-corrected chi connectivity index (χ4v) is 1.93. The Morgan fingerprint density at radius 2 is 1.93 bits per heavy atom. The number of nitrogens with two attached hydrogens (primary N) is 1. The van der Waals surface area contributed by atoms with Gasteiger partial charge in [-0.3, -0.25) is 4.90 Å². The molecular weight excluding hydrogens is 192 g/mol. The largest absolute Gasteiger partial charge is 0.338 e. The van der Waals surface area contributed by atoms with Crippen molar-refractivity contribution >= 4 is 0 Å². The van der Waals surface area contributed by atoms with Gasteiger partial charge in [0.1, 0.15) is 0 Å². The van der Waals surface area contributed by atoms with Crippen LogP contribution in [0.1, 0.15) is 37.4 Å². The van der Waals surface area contributed by atoms with Gasteiger partial charge in [-0.1, -0.05) is 18.0 Å². The maximum absolute atomic E-state index is 5.41. The monoisotopic (exact) mass is 210 g/mol. The summed E-state index contributed by atoms with van der Waals surface area (Å²) in [6.45, 7) is 3.41. The number of nitrogens with zero attached hydrogens (tertiary/aromatic N) is 3. The first-order valence-corrected chi connectivity index (χ1v) is 5.62. The Hall–Kier alpha value is -0.940. The van der Waals surface area contributed by atoms with Crippen LogP contribution in [-0.4, -0.2) is 28.1 Å². The second kappa shape index (κ2) is 5.23. The van der Waals surface area contributed by atoms with Crippen molar-refractivity contribution in [2.45, 2.75) is 38.8 Å².